The van der Waals surface area contributed by atoms with E-state index in [4.69, 9.17) is 0 Å². The van der Waals surface area contributed by atoms with E-state index in [9.17, 15) is 4.79 Å². The molecule has 0 aromatic heterocycles. The Morgan fingerprint density at radius 3 is 2.90 bits per heavy atom. The SMILES string of the molecule is CNCC=CC=C=CC=O. The van der Waals surface area contributed by atoms with Gasteiger partial charge in [-0.25, -0.2) is 0 Å². The van der Waals surface area contributed by atoms with Gasteiger partial charge in [0.1, 0.15) is 0 Å². The van der Waals surface area contributed by atoms with Gasteiger partial charge in [0, 0.05) is 12.6 Å². The predicted molar refractivity (Wildman–Crippen MR) is 41.8 cm³/mol. The molecule has 0 heterocycles. The van der Waals surface area contributed by atoms with Crippen LogP contribution in [-0.2, 0) is 4.79 Å². The van der Waals surface area contributed by atoms with Gasteiger partial charge in [-0.3, -0.25) is 4.79 Å². The van der Waals surface area contributed by atoms with Gasteiger partial charge in [-0.2, -0.15) is 0 Å². The molecule has 0 saturated carbocycles. The Labute approximate surface area is 60.9 Å². The lowest BCUT2D eigenvalue weighted by Gasteiger charge is -1.82. The fourth-order valence-corrected chi connectivity index (χ4v) is 0.404. The molecule has 0 rings (SSSR count). The fraction of sp³-hybridized carbons (Fsp3) is 0.250. The minimum atomic E-state index is 0.697. The minimum Gasteiger partial charge on any atom is -0.316 e. The number of carbonyl (C=O) groups excluding carboxylic acids is 1. The third kappa shape index (κ3) is 6.89. The summed E-state index contributed by atoms with van der Waals surface area (Å²) in [5.74, 6) is 0. The summed E-state index contributed by atoms with van der Waals surface area (Å²) >= 11 is 0. The van der Waals surface area contributed by atoms with E-state index in [0.29, 0.717) is 6.29 Å². The van der Waals surface area contributed by atoms with Crippen molar-refractivity contribution in [2.75, 3.05) is 13.6 Å². The van der Waals surface area contributed by atoms with Crippen molar-refractivity contribution in [1.29, 1.82) is 0 Å². The molecule has 0 amide bonds. The lowest BCUT2D eigenvalue weighted by Crippen LogP contribution is -2.03. The molecule has 0 spiro atoms. The molecule has 0 aliphatic heterocycles. The topological polar surface area (TPSA) is 29.1 Å². The first-order valence-electron chi connectivity index (χ1n) is 3.07. The van der Waals surface area contributed by atoms with Crippen LogP contribution in [0.15, 0.2) is 30.0 Å². The predicted octanol–water partition coefficient (Wildman–Crippen LogP) is 0.672. The van der Waals surface area contributed by atoms with Crippen molar-refractivity contribution < 1.29 is 4.79 Å². The lowest BCUT2D eigenvalue weighted by atomic mass is 10.4. The van der Waals surface area contributed by atoms with E-state index in [0.717, 1.165) is 6.54 Å². The van der Waals surface area contributed by atoms with Crippen LogP contribution in [0.25, 0.3) is 0 Å². The summed E-state index contributed by atoms with van der Waals surface area (Å²) in [6.45, 7) is 0.833. The molecule has 0 saturated heterocycles. The van der Waals surface area contributed by atoms with Crippen LogP contribution in [0, 0.1) is 0 Å². The first-order chi connectivity index (χ1) is 4.91. The molecule has 2 nitrogen and oxygen atoms in total. The van der Waals surface area contributed by atoms with E-state index in [1.54, 1.807) is 6.08 Å². The second kappa shape index (κ2) is 7.89. The molecule has 0 bridgehead atoms. The van der Waals surface area contributed by atoms with Crippen molar-refractivity contribution in [2.45, 2.75) is 0 Å². The van der Waals surface area contributed by atoms with Crippen LogP contribution >= 0.6 is 0 Å². The molecular formula is C8H11NO. The van der Waals surface area contributed by atoms with Crippen LogP contribution in [0.1, 0.15) is 0 Å². The molecule has 0 aliphatic carbocycles. The van der Waals surface area contributed by atoms with Gasteiger partial charge < -0.3 is 5.32 Å². The van der Waals surface area contributed by atoms with Crippen LogP contribution < -0.4 is 5.32 Å². The van der Waals surface area contributed by atoms with Crippen molar-refractivity contribution in [3.05, 3.63) is 30.0 Å². The highest BCUT2D eigenvalue weighted by Crippen LogP contribution is 1.71. The van der Waals surface area contributed by atoms with Gasteiger partial charge >= 0.3 is 0 Å². The summed E-state index contributed by atoms with van der Waals surface area (Å²) in [5, 5.41) is 2.94. The number of rotatable bonds is 4. The van der Waals surface area contributed by atoms with Gasteiger partial charge in [0.15, 0.2) is 6.29 Å². The van der Waals surface area contributed by atoms with Crippen molar-refractivity contribution in [2.24, 2.45) is 0 Å². The maximum absolute atomic E-state index is 9.72. The maximum atomic E-state index is 9.72. The zero-order chi connectivity index (χ0) is 7.66. The van der Waals surface area contributed by atoms with Crippen molar-refractivity contribution in [3.8, 4) is 0 Å². The van der Waals surface area contributed by atoms with Gasteiger partial charge in [0.25, 0.3) is 0 Å². The molecule has 1 N–H and O–H groups in total. The molecule has 0 aliphatic rings. The summed E-state index contributed by atoms with van der Waals surface area (Å²) in [6, 6.07) is 0. The first kappa shape index (κ1) is 8.89. The maximum Gasteiger partial charge on any atom is 0.150 e. The monoisotopic (exact) mass is 137 g/mol. The van der Waals surface area contributed by atoms with E-state index in [-0.39, 0.29) is 0 Å². The Morgan fingerprint density at radius 2 is 2.30 bits per heavy atom. The normalized spacial score (nSPS) is 8.90. The zero-order valence-electron chi connectivity index (χ0n) is 6.00. The Morgan fingerprint density at radius 1 is 1.50 bits per heavy atom. The van der Waals surface area contributed by atoms with Gasteiger partial charge in [-0.05, 0) is 13.1 Å². The highest BCUT2D eigenvalue weighted by molar-refractivity contribution is 5.64. The summed E-state index contributed by atoms with van der Waals surface area (Å²) in [6.07, 6.45) is 7.47. The van der Waals surface area contributed by atoms with E-state index >= 15 is 0 Å². The standard InChI is InChI=1S/C8H11NO/c1-9-7-5-3-2-4-6-8-10/h2-3,5-6,8-9H,7H2,1H3. The lowest BCUT2D eigenvalue weighted by molar-refractivity contribution is -0.104. The van der Waals surface area contributed by atoms with Gasteiger partial charge in [-0.1, -0.05) is 12.2 Å². The Bertz CT molecular complexity index is 164. The number of aldehydes is 1. The van der Waals surface area contributed by atoms with Crippen molar-refractivity contribution >= 4 is 6.29 Å². The number of nitrogens with one attached hydrogen (secondary N) is 1. The number of allylic oxidation sites excluding steroid dienone is 2. The third-order valence-electron chi connectivity index (χ3n) is 0.815. The average molecular weight is 137 g/mol. The molecule has 0 radical (unpaired) electrons. The number of carbonyl (C=O) groups is 1. The Balaban J connectivity index is 3.50. The largest absolute Gasteiger partial charge is 0.316 e. The molecule has 10 heavy (non-hydrogen) atoms. The molecule has 0 unspecified atom stereocenters. The number of likely N-dealkylation sites (N-methyl/N-ethyl adjacent to an activating group) is 1. The number of hydrogen-bond acceptors (Lipinski definition) is 2. The molecule has 0 aromatic rings. The summed E-state index contributed by atoms with van der Waals surface area (Å²) in [5.41, 5.74) is 2.66. The zero-order valence-corrected chi connectivity index (χ0v) is 6.00. The smallest absolute Gasteiger partial charge is 0.150 e. The quantitative estimate of drug-likeness (QED) is 0.267. The highest BCUT2D eigenvalue weighted by atomic mass is 16.1. The molecule has 2 heteroatoms. The van der Waals surface area contributed by atoms with Crippen LogP contribution in [0.5, 0.6) is 0 Å². The average Bonchev–Trinajstić information content (AvgIpc) is 1.97. The van der Waals surface area contributed by atoms with Crippen LogP contribution in [-0.4, -0.2) is 19.9 Å². The highest BCUT2D eigenvalue weighted by Gasteiger charge is 1.64. The van der Waals surface area contributed by atoms with E-state index in [1.165, 1.54) is 6.08 Å². The van der Waals surface area contributed by atoms with E-state index in [1.807, 2.05) is 19.2 Å². The van der Waals surface area contributed by atoms with Crippen molar-refractivity contribution in [3.63, 3.8) is 0 Å². The Hall–Kier alpha value is -1.11. The van der Waals surface area contributed by atoms with Crippen LogP contribution in [0.4, 0.5) is 0 Å². The van der Waals surface area contributed by atoms with Gasteiger partial charge in [0.05, 0.1) is 0 Å². The van der Waals surface area contributed by atoms with Gasteiger partial charge in [0.2, 0.25) is 0 Å². The minimum absolute atomic E-state index is 0.697. The molecule has 54 valence electrons. The van der Waals surface area contributed by atoms with Gasteiger partial charge in [-0.15, -0.1) is 5.73 Å². The summed E-state index contributed by atoms with van der Waals surface area (Å²) in [7, 11) is 1.87. The van der Waals surface area contributed by atoms with E-state index in [2.05, 4.69) is 11.0 Å². The van der Waals surface area contributed by atoms with Crippen LogP contribution in [0.2, 0.25) is 0 Å². The van der Waals surface area contributed by atoms with E-state index < -0.39 is 0 Å². The molecule has 0 aromatic carbocycles. The second-order valence-electron chi connectivity index (χ2n) is 1.62. The Kier molecular flexibility index (Phi) is 7.01. The number of hydrogen-bond donors (Lipinski definition) is 1. The first-order valence-corrected chi connectivity index (χ1v) is 3.07. The third-order valence-corrected chi connectivity index (χ3v) is 0.815. The fourth-order valence-electron chi connectivity index (χ4n) is 0.404. The summed E-state index contributed by atoms with van der Waals surface area (Å²) in [4.78, 5) is 9.72. The second-order valence-corrected chi connectivity index (χ2v) is 1.62. The molecule has 0 fully saturated rings. The molecular weight excluding hydrogens is 126 g/mol. The van der Waals surface area contributed by atoms with Crippen molar-refractivity contribution in [1.82, 2.24) is 5.32 Å². The molecule has 0 atom stereocenters. The van der Waals surface area contributed by atoms with Crippen LogP contribution in [0.3, 0.4) is 0 Å². The summed E-state index contributed by atoms with van der Waals surface area (Å²) < 4.78 is 0.